The van der Waals surface area contributed by atoms with Crippen LogP contribution in [0.25, 0.3) is 0 Å². The second kappa shape index (κ2) is 6.72. The van der Waals surface area contributed by atoms with E-state index in [1.165, 1.54) is 43.4 Å². The highest BCUT2D eigenvalue weighted by molar-refractivity contribution is 5.47. The molecule has 100 valence electrons. The normalized spacial score (nSPS) is 15.0. The van der Waals surface area contributed by atoms with Crippen LogP contribution in [0.4, 0.5) is 5.82 Å². The average Bonchev–Trinajstić information content (AvgIpc) is 2.62. The van der Waals surface area contributed by atoms with Crippen molar-refractivity contribution in [2.75, 3.05) is 11.9 Å². The Balaban J connectivity index is 2.29. The molecule has 0 fully saturated rings. The monoisotopic (exact) mass is 247 g/mol. The maximum Gasteiger partial charge on any atom is 0.133 e. The summed E-state index contributed by atoms with van der Waals surface area (Å²) in [6.07, 6.45) is 9.57. The van der Waals surface area contributed by atoms with Gasteiger partial charge in [0.05, 0.1) is 0 Å². The molecule has 0 saturated carbocycles. The quantitative estimate of drug-likeness (QED) is 0.809. The van der Waals surface area contributed by atoms with Crippen LogP contribution in [0.5, 0.6) is 0 Å². The predicted octanol–water partition coefficient (Wildman–Crippen LogP) is 3.52. The lowest BCUT2D eigenvalue weighted by molar-refractivity contribution is 0.705. The van der Waals surface area contributed by atoms with Crippen LogP contribution in [-0.4, -0.2) is 16.5 Å². The Labute approximate surface area is 110 Å². The molecule has 1 aliphatic rings. The molecule has 3 nitrogen and oxygen atoms in total. The maximum atomic E-state index is 4.80. The standard InChI is InChI=1S/C15H25N3/c1-3-5-11-14-17-13-10-8-6-7-9-12(13)15(18-14)16-4-2/h3-11H2,1-2H3,(H,16,17,18). The first-order valence-corrected chi connectivity index (χ1v) is 7.47. The summed E-state index contributed by atoms with van der Waals surface area (Å²) < 4.78 is 0. The van der Waals surface area contributed by atoms with E-state index in [0.717, 1.165) is 37.4 Å². The minimum Gasteiger partial charge on any atom is -0.370 e. The first-order chi connectivity index (χ1) is 8.85. The van der Waals surface area contributed by atoms with Crippen LogP contribution in [0, 0.1) is 0 Å². The smallest absolute Gasteiger partial charge is 0.133 e. The molecule has 1 aromatic rings. The molecule has 0 spiro atoms. The molecule has 0 unspecified atom stereocenters. The summed E-state index contributed by atoms with van der Waals surface area (Å²) in [5.74, 6) is 2.14. The van der Waals surface area contributed by atoms with Crippen molar-refractivity contribution in [1.82, 2.24) is 9.97 Å². The Morgan fingerprint density at radius 1 is 1.06 bits per heavy atom. The van der Waals surface area contributed by atoms with Crippen molar-refractivity contribution in [2.24, 2.45) is 0 Å². The number of fused-ring (bicyclic) bond motifs is 1. The van der Waals surface area contributed by atoms with Gasteiger partial charge < -0.3 is 5.32 Å². The van der Waals surface area contributed by atoms with Gasteiger partial charge in [0.2, 0.25) is 0 Å². The Kier molecular flexibility index (Phi) is 4.97. The molecule has 0 aliphatic heterocycles. The van der Waals surface area contributed by atoms with E-state index in [1.54, 1.807) is 0 Å². The summed E-state index contributed by atoms with van der Waals surface area (Å²) in [7, 11) is 0. The lowest BCUT2D eigenvalue weighted by Gasteiger charge is -2.14. The fraction of sp³-hybridized carbons (Fsp3) is 0.733. The molecule has 0 amide bonds. The van der Waals surface area contributed by atoms with Crippen LogP contribution in [0.1, 0.15) is 63.0 Å². The zero-order valence-electron chi connectivity index (χ0n) is 11.8. The van der Waals surface area contributed by atoms with Gasteiger partial charge in [-0.3, -0.25) is 0 Å². The van der Waals surface area contributed by atoms with Crippen molar-refractivity contribution in [1.29, 1.82) is 0 Å². The van der Waals surface area contributed by atoms with Gasteiger partial charge in [-0.25, -0.2) is 9.97 Å². The Morgan fingerprint density at radius 3 is 2.67 bits per heavy atom. The van der Waals surface area contributed by atoms with Crippen LogP contribution >= 0.6 is 0 Å². The van der Waals surface area contributed by atoms with Crippen LogP contribution in [0.3, 0.4) is 0 Å². The van der Waals surface area contributed by atoms with E-state index in [1.807, 2.05) is 0 Å². The highest BCUT2D eigenvalue weighted by Crippen LogP contribution is 2.25. The van der Waals surface area contributed by atoms with Crippen molar-refractivity contribution in [3.8, 4) is 0 Å². The molecule has 1 N–H and O–H groups in total. The second-order valence-corrected chi connectivity index (χ2v) is 5.11. The topological polar surface area (TPSA) is 37.8 Å². The zero-order chi connectivity index (χ0) is 12.8. The zero-order valence-corrected chi connectivity index (χ0v) is 11.8. The summed E-state index contributed by atoms with van der Waals surface area (Å²) in [5.41, 5.74) is 2.69. The first-order valence-electron chi connectivity index (χ1n) is 7.47. The Hall–Kier alpha value is -1.12. The molecule has 0 radical (unpaired) electrons. The fourth-order valence-corrected chi connectivity index (χ4v) is 2.58. The van der Waals surface area contributed by atoms with E-state index >= 15 is 0 Å². The predicted molar refractivity (Wildman–Crippen MR) is 76.1 cm³/mol. The number of aromatic nitrogens is 2. The number of hydrogen-bond acceptors (Lipinski definition) is 3. The summed E-state index contributed by atoms with van der Waals surface area (Å²) in [6.45, 7) is 5.29. The first kappa shape index (κ1) is 13.3. The number of hydrogen-bond donors (Lipinski definition) is 1. The SMILES string of the molecule is CCCCc1nc2c(c(NCC)n1)CCCCC2. The number of nitrogens with zero attached hydrogens (tertiary/aromatic N) is 2. The van der Waals surface area contributed by atoms with Crippen LogP contribution in [0.15, 0.2) is 0 Å². The van der Waals surface area contributed by atoms with Crippen molar-refractivity contribution >= 4 is 5.82 Å². The third kappa shape index (κ3) is 3.21. The van der Waals surface area contributed by atoms with Gasteiger partial charge in [-0.05, 0) is 39.0 Å². The summed E-state index contributed by atoms with van der Waals surface area (Å²) in [6, 6.07) is 0. The van der Waals surface area contributed by atoms with Crippen molar-refractivity contribution in [3.63, 3.8) is 0 Å². The lowest BCUT2D eigenvalue weighted by Crippen LogP contribution is -2.11. The third-order valence-corrected chi connectivity index (χ3v) is 3.58. The van der Waals surface area contributed by atoms with E-state index < -0.39 is 0 Å². The van der Waals surface area contributed by atoms with E-state index in [2.05, 4.69) is 19.2 Å². The third-order valence-electron chi connectivity index (χ3n) is 3.58. The van der Waals surface area contributed by atoms with Crippen LogP contribution in [0.2, 0.25) is 0 Å². The van der Waals surface area contributed by atoms with Gasteiger partial charge in [-0.15, -0.1) is 0 Å². The molecule has 0 atom stereocenters. The van der Waals surface area contributed by atoms with Crippen LogP contribution in [-0.2, 0) is 19.3 Å². The van der Waals surface area contributed by atoms with Crippen molar-refractivity contribution in [2.45, 2.75) is 65.2 Å². The Bertz CT molecular complexity index is 388. The number of anilines is 1. The molecule has 0 aromatic carbocycles. The van der Waals surface area contributed by atoms with E-state index in [-0.39, 0.29) is 0 Å². The highest BCUT2D eigenvalue weighted by Gasteiger charge is 2.16. The minimum atomic E-state index is 0.941. The number of aryl methyl sites for hydroxylation is 2. The summed E-state index contributed by atoms with van der Waals surface area (Å²) in [5, 5.41) is 3.43. The van der Waals surface area contributed by atoms with Gasteiger partial charge in [0.15, 0.2) is 0 Å². The maximum absolute atomic E-state index is 4.80. The number of nitrogens with one attached hydrogen (secondary N) is 1. The molecule has 3 heteroatoms. The van der Waals surface area contributed by atoms with Crippen molar-refractivity contribution in [3.05, 3.63) is 17.1 Å². The molecular weight excluding hydrogens is 222 g/mol. The molecule has 2 rings (SSSR count). The van der Waals surface area contributed by atoms with E-state index in [9.17, 15) is 0 Å². The molecule has 0 saturated heterocycles. The van der Waals surface area contributed by atoms with Gasteiger partial charge in [0, 0.05) is 24.2 Å². The largest absolute Gasteiger partial charge is 0.370 e. The highest BCUT2D eigenvalue weighted by atomic mass is 15.0. The Morgan fingerprint density at radius 2 is 1.89 bits per heavy atom. The molecular formula is C15H25N3. The molecule has 1 heterocycles. The number of unbranched alkanes of at least 4 members (excludes halogenated alkanes) is 1. The summed E-state index contributed by atoms with van der Waals surface area (Å²) >= 11 is 0. The van der Waals surface area contributed by atoms with Gasteiger partial charge in [-0.2, -0.15) is 0 Å². The minimum absolute atomic E-state index is 0.941. The molecule has 18 heavy (non-hydrogen) atoms. The van der Waals surface area contributed by atoms with Crippen LogP contribution < -0.4 is 5.32 Å². The fourth-order valence-electron chi connectivity index (χ4n) is 2.58. The average molecular weight is 247 g/mol. The van der Waals surface area contributed by atoms with Crippen molar-refractivity contribution < 1.29 is 0 Å². The van der Waals surface area contributed by atoms with Gasteiger partial charge in [0.1, 0.15) is 11.6 Å². The second-order valence-electron chi connectivity index (χ2n) is 5.11. The van der Waals surface area contributed by atoms with E-state index in [0.29, 0.717) is 0 Å². The van der Waals surface area contributed by atoms with Gasteiger partial charge >= 0.3 is 0 Å². The van der Waals surface area contributed by atoms with Gasteiger partial charge in [0.25, 0.3) is 0 Å². The molecule has 1 aromatic heterocycles. The molecule has 0 bridgehead atoms. The van der Waals surface area contributed by atoms with Gasteiger partial charge in [-0.1, -0.05) is 19.8 Å². The summed E-state index contributed by atoms with van der Waals surface area (Å²) in [4.78, 5) is 9.54. The number of rotatable bonds is 5. The molecule has 1 aliphatic carbocycles. The lowest BCUT2D eigenvalue weighted by atomic mass is 10.1. The van der Waals surface area contributed by atoms with E-state index in [4.69, 9.17) is 9.97 Å².